The number of hydrogen-bond acceptors (Lipinski definition) is 2. The van der Waals surface area contributed by atoms with E-state index in [0.717, 1.165) is 29.8 Å². The van der Waals surface area contributed by atoms with E-state index in [-0.39, 0.29) is 0 Å². The zero-order valence-electron chi connectivity index (χ0n) is 8.20. The standard InChI is InChI=1S/C11H13BrN2/c1-9-7-10(12)11(13-8-9)14-5-3-2-4-6-14/h2-3,7-8H,4-6H2,1H3. The molecule has 0 fully saturated rings. The van der Waals surface area contributed by atoms with Crippen molar-refractivity contribution in [2.24, 2.45) is 0 Å². The summed E-state index contributed by atoms with van der Waals surface area (Å²) in [5.74, 6) is 1.06. The van der Waals surface area contributed by atoms with Crippen molar-refractivity contribution in [1.82, 2.24) is 4.98 Å². The molecule has 0 atom stereocenters. The van der Waals surface area contributed by atoms with Crippen LogP contribution in [0.1, 0.15) is 12.0 Å². The third-order valence-corrected chi connectivity index (χ3v) is 2.90. The van der Waals surface area contributed by atoms with E-state index >= 15 is 0 Å². The van der Waals surface area contributed by atoms with Gasteiger partial charge in [-0.25, -0.2) is 4.98 Å². The Bertz CT molecular complexity index is 360. The van der Waals surface area contributed by atoms with Crippen molar-refractivity contribution in [3.05, 3.63) is 34.5 Å². The van der Waals surface area contributed by atoms with Crippen LogP contribution in [0, 0.1) is 6.92 Å². The smallest absolute Gasteiger partial charge is 0.143 e. The van der Waals surface area contributed by atoms with Gasteiger partial charge in [0.05, 0.1) is 4.47 Å². The Morgan fingerprint density at radius 2 is 2.29 bits per heavy atom. The van der Waals surface area contributed by atoms with Gasteiger partial charge in [-0.2, -0.15) is 0 Å². The van der Waals surface area contributed by atoms with Gasteiger partial charge in [-0.15, -0.1) is 0 Å². The molecule has 1 aliphatic rings. The van der Waals surface area contributed by atoms with E-state index in [0.29, 0.717) is 0 Å². The van der Waals surface area contributed by atoms with Crippen LogP contribution in [0.5, 0.6) is 0 Å². The first-order chi connectivity index (χ1) is 6.77. The summed E-state index contributed by atoms with van der Waals surface area (Å²) in [6.45, 7) is 4.08. The SMILES string of the molecule is Cc1cnc(N2CC=CCC2)c(Br)c1. The van der Waals surface area contributed by atoms with Crippen molar-refractivity contribution >= 4 is 21.7 Å². The highest BCUT2D eigenvalue weighted by Gasteiger charge is 2.11. The fourth-order valence-electron chi connectivity index (χ4n) is 1.59. The maximum atomic E-state index is 4.45. The Morgan fingerprint density at radius 1 is 1.43 bits per heavy atom. The number of aromatic nitrogens is 1. The normalized spacial score (nSPS) is 16.0. The average molecular weight is 253 g/mol. The molecule has 0 saturated heterocycles. The second-order valence-corrected chi connectivity index (χ2v) is 4.38. The molecule has 0 N–H and O–H groups in total. The van der Waals surface area contributed by atoms with Gasteiger partial charge in [0.1, 0.15) is 5.82 Å². The van der Waals surface area contributed by atoms with Gasteiger partial charge < -0.3 is 4.90 Å². The van der Waals surface area contributed by atoms with Crippen molar-refractivity contribution in [1.29, 1.82) is 0 Å². The first-order valence-electron chi connectivity index (χ1n) is 4.79. The second kappa shape index (κ2) is 4.13. The highest BCUT2D eigenvalue weighted by Crippen LogP contribution is 2.25. The molecule has 0 aliphatic carbocycles. The second-order valence-electron chi connectivity index (χ2n) is 3.52. The van der Waals surface area contributed by atoms with Crippen LogP contribution in [0.15, 0.2) is 28.9 Å². The molecule has 1 aromatic rings. The molecule has 74 valence electrons. The Morgan fingerprint density at radius 3 is 2.93 bits per heavy atom. The molecule has 0 aromatic carbocycles. The van der Waals surface area contributed by atoms with E-state index in [2.05, 4.69) is 51.0 Å². The van der Waals surface area contributed by atoms with Gasteiger partial charge in [-0.3, -0.25) is 0 Å². The summed E-state index contributed by atoms with van der Waals surface area (Å²) in [5.41, 5.74) is 1.19. The number of nitrogens with zero attached hydrogens (tertiary/aromatic N) is 2. The van der Waals surface area contributed by atoms with Gasteiger partial charge in [-0.1, -0.05) is 12.2 Å². The Kier molecular flexibility index (Phi) is 2.87. The molecule has 0 spiro atoms. The van der Waals surface area contributed by atoms with Gasteiger partial charge in [0.2, 0.25) is 0 Å². The minimum Gasteiger partial charge on any atom is -0.352 e. The lowest BCUT2D eigenvalue weighted by atomic mass is 10.2. The minimum atomic E-state index is 0.967. The van der Waals surface area contributed by atoms with Crippen molar-refractivity contribution in [3.8, 4) is 0 Å². The van der Waals surface area contributed by atoms with Gasteiger partial charge in [0.25, 0.3) is 0 Å². The van der Waals surface area contributed by atoms with E-state index in [1.54, 1.807) is 0 Å². The topological polar surface area (TPSA) is 16.1 Å². The zero-order valence-corrected chi connectivity index (χ0v) is 9.79. The minimum absolute atomic E-state index is 0.967. The number of aryl methyl sites for hydroxylation is 1. The van der Waals surface area contributed by atoms with Crippen LogP contribution in [0.25, 0.3) is 0 Å². The third kappa shape index (κ3) is 1.98. The summed E-state index contributed by atoms with van der Waals surface area (Å²) < 4.78 is 1.09. The summed E-state index contributed by atoms with van der Waals surface area (Å²) in [4.78, 5) is 6.73. The Labute approximate surface area is 92.8 Å². The third-order valence-electron chi connectivity index (χ3n) is 2.32. The van der Waals surface area contributed by atoms with Crippen LogP contribution in [-0.4, -0.2) is 18.1 Å². The molecule has 0 radical (unpaired) electrons. The summed E-state index contributed by atoms with van der Waals surface area (Å²) in [6.07, 6.45) is 7.44. The maximum Gasteiger partial charge on any atom is 0.143 e. The molecule has 0 unspecified atom stereocenters. The van der Waals surface area contributed by atoms with Crippen molar-refractivity contribution < 1.29 is 0 Å². The summed E-state index contributed by atoms with van der Waals surface area (Å²) >= 11 is 3.55. The summed E-state index contributed by atoms with van der Waals surface area (Å²) in [6, 6.07) is 2.11. The first-order valence-corrected chi connectivity index (χ1v) is 5.59. The molecular formula is C11H13BrN2. The van der Waals surface area contributed by atoms with Gasteiger partial charge in [0, 0.05) is 19.3 Å². The van der Waals surface area contributed by atoms with Gasteiger partial charge >= 0.3 is 0 Å². The van der Waals surface area contributed by atoms with Gasteiger partial charge in [0.15, 0.2) is 0 Å². The molecule has 0 saturated carbocycles. The molecule has 3 heteroatoms. The largest absolute Gasteiger partial charge is 0.352 e. The monoisotopic (exact) mass is 252 g/mol. The molecular weight excluding hydrogens is 240 g/mol. The lowest BCUT2D eigenvalue weighted by molar-refractivity contribution is 0.802. The molecule has 1 aromatic heterocycles. The lowest BCUT2D eigenvalue weighted by Crippen LogP contribution is -2.27. The van der Waals surface area contributed by atoms with Crippen molar-refractivity contribution in [2.45, 2.75) is 13.3 Å². The highest BCUT2D eigenvalue weighted by atomic mass is 79.9. The van der Waals surface area contributed by atoms with Crippen LogP contribution in [-0.2, 0) is 0 Å². The number of halogens is 1. The number of pyridine rings is 1. The molecule has 14 heavy (non-hydrogen) atoms. The lowest BCUT2D eigenvalue weighted by Gasteiger charge is -2.25. The quantitative estimate of drug-likeness (QED) is 0.715. The first kappa shape index (κ1) is 9.71. The molecule has 2 heterocycles. The van der Waals surface area contributed by atoms with Crippen LogP contribution in [0.2, 0.25) is 0 Å². The molecule has 2 rings (SSSR count). The number of rotatable bonds is 1. The van der Waals surface area contributed by atoms with E-state index in [9.17, 15) is 0 Å². The van der Waals surface area contributed by atoms with Crippen LogP contribution >= 0.6 is 15.9 Å². The van der Waals surface area contributed by atoms with Crippen molar-refractivity contribution in [3.63, 3.8) is 0 Å². The van der Waals surface area contributed by atoms with Crippen LogP contribution in [0.4, 0.5) is 5.82 Å². The zero-order chi connectivity index (χ0) is 9.97. The average Bonchev–Trinajstić information content (AvgIpc) is 2.19. The van der Waals surface area contributed by atoms with E-state index < -0.39 is 0 Å². The number of anilines is 1. The van der Waals surface area contributed by atoms with E-state index in [1.807, 2.05) is 6.20 Å². The predicted molar refractivity (Wildman–Crippen MR) is 62.6 cm³/mol. The molecule has 2 nitrogen and oxygen atoms in total. The Balaban J connectivity index is 2.27. The van der Waals surface area contributed by atoms with Gasteiger partial charge in [-0.05, 0) is 40.9 Å². The van der Waals surface area contributed by atoms with Crippen molar-refractivity contribution in [2.75, 3.05) is 18.0 Å². The maximum absolute atomic E-state index is 4.45. The molecule has 1 aliphatic heterocycles. The van der Waals surface area contributed by atoms with Crippen LogP contribution in [0.3, 0.4) is 0 Å². The highest BCUT2D eigenvalue weighted by molar-refractivity contribution is 9.10. The predicted octanol–water partition coefficient (Wildman–Crippen LogP) is 2.92. The fourth-order valence-corrected chi connectivity index (χ4v) is 2.31. The summed E-state index contributed by atoms with van der Waals surface area (Å²) in [5, 5.41) is 0. The van der Waals surface area contributed by atoms with E-state index in [4.69, 9.17) is 0 Å². The summed E-state index contributed by atoms with van der Waals surface area (Å²) in [7, 11) is 0. The molecule has 0 amide bonds. The van der Waals surface area contributed by atoms with E-state index in [1.165, 1.54) is 5.56 Å². The molecule has 0 bridgehead atoms. The number of hydrogen-bond donors (Lipinski definition) is 0. The fraction of sp³-hybridized carbons (Fsp3) is 0.364. The van der Waals surface area contributed by atoms with Crippen LogP contribution < -0.4 is 4.90 Å². The Hall–Kier alpha value is -0.830.